The highest BCUT2D eigenvalue weighted by atomic mass is 79.9. The second-order valence-corrected chi connectivity index (χ2v) is 6.97. The molecule has 2 atom stereocenters. The van der Waals surface area contributed by atoms with Crippen LogP contribution in [0.3, 0.4) is 0 Å². The smallest absolute Gasteiger partial charge is 0.238 e. The molecule has 4 nitrogen and oxygen atoms in total. The zero-order valence-corrected chi connectivity index (χ0v) is 13.9. The van der Waals surface area contributed by atoms with Gasteiger partial charge in [0, 0.05) is 15.7 Å². The van der Waals surface area contributed by atoms with Crippen LogP contribution in [-0.2, 0) is 4.79 Å². The Bertz CT molecular complexity index is 495. The van der Waals surface area contributed by atoms with Gasteiger partial charge in [-0.1, -0.05) is 41.8 Å². The lowest BCUT2D eigenvalue weighted by Gasteiger charge is -2.39. The summed E-state index contributed by atoms with van der Waals surface area (Å²) in [5.74, 6) is 0.505. The molecule has 5 heteroatoms. The molecular formula is C16H23BrN2O2. The minimum absolute atomic E-state index is 0.0841. The summed E-state index contributed by atoms with van der Waals surface area (Å²) in [4.78, 5) is 12.0. The molecule has 3 N–H and O–H groups in total. The first-order valence-corrected chi connectivity index (χ1v) is 8.24. The number of halogens is 1. The highest BCUT2D eigenvalue weighted by molar-refractivity contribution is 9.10. The number of anilines is 1. The molecule has 0 aromatic heterocycles. The third kappa shape index (κ3) is 4.80. The lowest BCUT2D eigenvalue weighted by atomic mass is 9.77. The SMILES string of the molecule is CC1CCCC(CO)(NCC(=O)Nc2cccc(Br)c2)C1. The first-order valence-electron chi connectivity index (χ1n) is 7.44. The van der Waals surface area contributed by atoms with E-state index in [0.717, 1.165) is 29.4 Å². The van der Waals surface area contributed by atoms with Gasteiger partial charge in [-0.2, -0.15) is 0 Å². The molecule has 1 amide bonds. The van der Waals surface area contributed by atoms with Crippen LogP contribution in [0, 0.1) is 5.92 Å². The summed E-state index contributed by atoms with van der Waals surface area (Å²) < 4.78 is 0.932. The summed E-state index contributed by atoms with van der Waals surface area (Å²) in [6.45, 7) is 2.51. The monoisotopic (exact) mass is 354 g/mol. The highest BCUT2D eigenvalue weighted by Crippen LogP contribution is 2.31. The molecule has 21 heavy (non-hydrogen) atoms. The Kier molecular flexibility index (Phi) is 5.79. The van der Waals surface area contributed by atoms with E-state index < -0.39 is 0 Å². The molecule has 2 rings (SSSR count). The van der Waals surface area contributed by atoms with Gasteiger partial charge >= 0.3 is 0 Å². The van der Waals surface area contributed by atoms with Crippen molar-refractivity contribution in [3.8, 4) is 0 Å². The Labute approximate surface area is 134 Å². The minimum atomic E-state index is -0.299. The Morgan fingerprint density at radius 2 is 2.33 bits per heavy atom. The first-order chi connectivity index (χ1) is 10.0. The van der Waals surface area contributed by atoms with Crippen molar-refractivity contribution in [1.82, 2.24) is 5.32 Å². The predicted molar refractivity (Wildman–Crippen MR) is 88.2 cm³/mol. The van der Waals surface area contributed by atoms with Crippen molar-refractivity contribution in [3.05, 3.63) is 28.7 Å². The van der Waals surface area contributed by atoms with Gasteiger partial charge in [0.2, 0.25) is 5.91 Å². The Morgan fingerprint density at radius 3 is 3.00 bits per heavy atom. The Balaban J connectivity index is 1.87. The van der Waals surface area contributed by atoms with Gasteiger partial charge in [-0.25, -0.2) is 0 Å². The van der Waals surface area contributed by atoms with E-state index in [1.165, 1.54) is 6.42 Å². The summed E-state index contributed by atoms with van der Waals surface area (Å²) in [5.41, 5.74) is 0.470. The number of carbonyl (C=O) groups excluding carboxylic acids is 1. The maximum absolute atomic E-state index is 12.0. The van der Waals surface area contributed by atoms with Gasteiger partial charge in [0.25, 0.3) is 0 Å². The topological polar surface area (TPSA) is 61.4 Å². The van der Waals surface area contributed by atoms with E-state index in [4.69, 9.17) is 0 Å². The summed E-state index contributed by atoms with van der Waals surface area (Å²) in [5, 5.41) is 15.8. The fourth-order valence-corrected chi connectivity index (χ4v) is 3.46. The van der Waals surface area contributed by atoms with Gasteiger partial charge in [0.05, 0.1) is 13.2 Å². The number of hydrogen-bond donors (Lipinski definition) is 3. The summed E-state index contributed by atoms with van der Waals surface area (Å²) in [6.07, 6.45) is 4.15. The molecule has 1 aromatic rings. The van der Waals surface area contributed by atoms with Crippen molar-refractivity contribution in [3.63, 3.8) is 0 Å². The van der Waals surface area contributed by atoms with Crippen molar-refractivity contribution >= 4 is 27.5 Å². The molecule has 0 saturated heterocycles. The molecule has 116 valence electrons. The van der Waals surface area contributed by atoms with Crippen molar-refractivity contribution in [2.75, 3.05) is 18.5 Å². The van der Waals surface area contributed by atoms with Crippen LogP contribution < -0.4 is 10.6 Å². The minimum Gasteiger partial charge on any atom is -0.394 e. The van der Waals surface area contributed by atoms with Crippen LogP contribution in [0.2, 0.25) is 0 Å². The third-order valence-corrected chi connectivity index (χ3v) is 4.62. The van der Waals surface area contributed by atoms with E-state index in [1.54, 1.807) is 0 Å². The number of hydrogen-bond acceptors (Lipinski definition) is 3. The van der Waals surface area contributed by atoms with Crippen LogP contribution >= 0.6 is 15.9 Å². The predicted octanol–water partition coefficient (Wildman–Crippen LogP) is 2.92. The van der Waals surface area contributed by atoms with E-state index in [1.807, 2.05) is 24.3 Å². The summed E-state index contributed by atoms with van der Waals surface area (Å²) >= 11 is 3.38. The number of carbonyl (C=O) groups is 1. The second-order valence-electron chi connectivity index (χ2n) is 6.05. The van der Waals surface area contributed by atoms with E-state index in [-0.39, 0.29) is 24.6 Å². The molecule has 1 saturated carbocycles. The zero-order valence-electron chi connectivity index (χ0n) is 12.4. The van der Waals surface area contributed by atoms with Gasteiger partial charge in [-0.05, 0) is 37.0 Å². The molecule has 2 unspecified atom stereocenters. The van der Waals surface area contributed by atoms with Gasteiger partial charge in [0.1, 0.15) is 0 Å². The fourth-order valence-electron chi connectivity index (χ4n) is 3.06. The molecule has 0 heterocycles. The zero-order chi connectivity index (χ0) is 15.3. The van der Waals surface area contributed by atoms with Crippen LogP contribution in [0.15, 0.2) is 28.7 Å². The van der Waals surface area contributed by atoms with Crippen molar-refractivity contribution in [1.29, 1.82) is 0 Å². The molecule has 1 fully saturated rings. The third-order valence-electron chi connectivity index (χ3n) is 4.13. The van der Waals surface area contributed by atoms with Crippen LogP contribution in [0.4, 0.5) is 5.69 Å². The van der Waals surface area contributed by atoms with E-state index in [2.05, 4.69) is 33.5 Å². The number of benzene rings is 1. The number of rotatable bonds is 5. The fraction of sp³-hybridized carbons (Fsp3) is 0.562. The standard InChI is InChI=1S/C16H23BrN2O2/c1-12-4-3-7-16(9-12,11-20)18-10-15(21)19-14-6-2-5-13(17)8-14/h2,5-6,8,12,18,20H,3-4,7,9-11H2,1H3,(H,19,21). The van der Waals surface area contributed by atoms with E-state index in [9.17, 15) is 9.90 Å². The van der Waals surface area contributed by atoms with Crippen LogP contribution in [0.25, 0.3) is 0 Å². The maximum Gasteiger partial charge on any atom is 0.238 e. The number of aliphatic hydroxyl groups is 1. The van der Waals surface area contributed by atoms with Gasteiger partial charge in [-0.15, -0.1) is 0 Å². The normalized spacial score (nSPS) is 25.6. The summed E-state index contributed by atoms with van der Waals surface area (Å²) in [7, 11) is 0. The molecule has 1 aliphatic carbocycles. The molecule has 1 aliphatic rings. The lowest BCUT2D eigenvalue weighted by Crippen LogP contribution is -2.53. The Hall–Kier alpha value is -0.910. The molecule has 0 bridgehead atoms. The van der Waals surface area contributed by atoms with E-state index in [0.29, 0.717) is 5.92 Å². The first kappa shape index (κ1) is 16.5. The maximum atomic E-state index is 12.0. The van der Waals surface area contributed by atoms with Crippen molar-refractivity contribution < 1.29 is 9.90 Å². The quantitative estimate of drug-likeness (QED) is 0.761. The Morgan fingerprint density at radius 1 is 1.52 bits per heavy atom. The average Bonchev–Trinajstić information content (AvgIpc) is 2.45. The molecule has 0 aliphatic heterocycles. The number of amides is 1. The van der Waals surface area contributed by atoms with Gasteiger partial charge in [-0.3, -0.25) is 4.79 Å². The van der Waals surface area contributed by atoms with Crippen molar-refractivity contribution in [2.24, 2.45) is 5.92 Å². The van der Waals surface area contributed by atoms with Crippen LogP contribution in [-0.4, -0.2) is 29.7 Å². The number of nitrogens with one attached hydrogen (secondary N) is 2. The molecule has 0 radical (unpaired) electrons. The summed E-state index contributed by atoms with van der Waals surface area (Å²) in [6, 6.07) is 7.51. The molecule has 0 spiro atoms. The average molecular weight is 355 g/mol. The molecular weight excluding hydrogens is 332 g/mol. The van der Waals surface area contributed by atoms with Gasteiger partial charge < -0.3 is 15.7 Å². The molecule has 1 aromatic carbocycles. The highest BCUT2D eigenvalue weighted by Gasteiger charge is 2.34. The second kappa shape index (κ2) is 7.38. The van der Waals surface area contributed by atoms with Crippen LogP contribution in [0.5, 0.6) is 0 Å². The van der Waals surface area contributed by atoms with E-state index >= 15 is 0 Å². The van der Waals surface area contributed by atoms with Gasteiger partial charge in [0.15, 0.2) is 0 Å². The largest absolute Gasteiger partial charge is 0.394 e. The lowest BCUT2D eigenvalue weighted by molar-refractivity contribution is -0.116. The van der Waals surface area contributed by atoms with Crippen molar-refractivity contribution in [2.45, 2.75) is 38.1 Å². The number of aliphatic hydroxyl groups excluding tert-OH is 1. The van der Waals surface area contributed by atoms with Crippen LogP contribution in [0.1, 0.15) is 32.6 Å².